The number of rotatable bonds is 1. The van der Waals surface area contributed by atoms with Crippen molar-refractivity contribution in [3.63, 3.8) is 0 Å². The molecule has 0 amide bonds. The SMILES string of the molecule is N#Cc1ccc(S(=O)O)c(Cl)c1.[NaH]. The van der Waals surface area contributed by atoms with E-state index in [9.17, 15) is 4.21 Å². The molecule has 0 spiro atoms. The van der Waals surface area contributed by atoms with Gasteiger partial charge >= 0.3 is 29.6 Å². The molecule has 1 atom stereocenters. The molecule has 0 saturated carbocycles. The van der Waals surface area contributed by atoms with Crippen LogP contribution >= 0.6 is 11.6 Å². The summed E-state index contributed by atoms with van der Waals surface area (Å²) in [4.78, 5) is 0.121. The summed E-state index contributed by atoms with van der Waals surface area (Å²) in [6.45, 7) is 0. The van der Waals surface area contributed by atoms with Crippen molar-refractivity contribution in [2.24, 2.45) is 0 Å². The maximum absolute atomic E-state index is 10.6. The van der Waals surface area contributed by atoms with Crippen molar-refractivity contribution < 1.29 is 8.76 Å². The number of hydrogen-bond acceptors (Lipinski definition) is 2. The van der Waals surface area contributed by atoms with Crippen molar-refractivity contribution in [2.75, 3.05) is 0 Å². The molecule has 1 aromatic carbocycles. The Morgan fingerprint density at radius 3 is 2.54 bits per heavy atom. The van der Waals surface area contributed by atoms with Crippen LogP contribution in [0.2, 0.25) is 5.02 Å². The van der Waals surface area contributed by atoms with E-state index in [0.29, 0.717) is 5.56 Å². The van der Waals surface area contributed by atoms with E-state index in [1.807, 2.05) is 6.07 Å². The van der Waals surface area contributed by atoms with E-state index in [4.69, 9.17) is 21.4 Å². The molecule has 0 aliphatic carbocycles. The van der Waals surface area contributed by atoms with Crippen LogP contribution in [0, 0.1) is 11.3 Å². The Balaban J connectivity index is 0.00000144. The standard InChI is InChI=1S/C7H4ClNO2S.Na.H/c8-6-3-5(4-9)1-2-7(6)12(10)11;;/h1-3H,(H,10,11);;. The summed E-state index contributed by atoms with van der Waals surface area (Å²) in [6, 6.07) is 6.02. The fourth-order valence-corrected chi connectivity index (χ4v) is 1.50. The van der Waals surface area contributed by atoms with E-state index in [2.05, 4.69) is 0 Å². The van der Waals surface area contributed by atoms with Crippen LogP contribution in [0.25, 0.3) is 0 Å². The molecule has 0 fully saturated rings. The van der Waals surface area contributed by atoms with E-state index in [1.54, 1.807) is 0 Å². The van der Waals surface area contributed by atoms with E-state index in [1.165, 1.54) is 18.2 Å². The van der Waals surface area contributed by atoms with Gasteiger partial charge in [-0.15, -0.1) is 0 Å². The zero-order valence-electron chi connectivity index (χ0n) is 5.82. The molecular formula is C7H5ClNNaO2S. The minimum atomic E-state index is -2.09. The van der Waals surface area contributed by atoms with Crippen LogP contribution in [0.5, 0.6) is 0 Å². The average molecular weight is 226 g/mol. The van der Waals surface area contributed by atoms with Crippen LogP contribution in [0.1, 0.15) is 5.56 Å². The average Bonchev–Trinajstić information content (AvgIpc) is 2.03. The number of benzene rings is 1. The third-order valence-electron chi connectivity index (χ3n) is 1.25. The molecule has 1 rings (SSSR count). The van der Waals surface area contributed by atoms with Gasteiger partial charge < -0.3 is 4.55 Å². The zero-order valence-corrected chi connectivity index (χ0v) is 7.39. The molecule has 0 heterocycles. The summed E-state index contributed by atoms with van der Waals surface area (Å²) in [6.07, 6.45) is 0. The molecule has 6 heteroatoms. The van der Waals surface area contributed by atoms with Gasteiger partial charge in [0.05, 0.1) is 21.6 Å². The Morgan fingerprint density at radius 2 is 2.15 bits per heavy atom. The fraction of sp³-hybridized carbons (Fsp3) is 0. The third-order valence-corrected chi connectivity index (χ3v) is 2.41. The fourth-order valence-electron chi connectivity index (χ4n) is 0.712. The molecular weight excluding hydrogens is 221 g/mol. The molecule has 64 valence electrons. The van der Waals surface area contributed by atoms with Crippen LogP contribution in [0.15, 0.2) is 23.1 Å². The van der Waals surface area contributed by atoms with Gasteiger partial charge in [-0.1, -0.05) is 11.6 Å². The Hall–Kier alpha value is 0.110. The Morgan fingerprint density at radius 1 is 1.54 bits per heavy atom. The second-order valence-corrected chi connectivity index (χ2v) is 3.35. The van der Waals surface area contributed by atoms with Gasteiger partial charge in [0.2, 0.25) is 0 Å². The quantitative estimate of drug-likeness (QED) is 0.576. The second kappa shape index (κ2) is 5.76. The van der Waals surface area contributed by atoms with Gasteiger partial charge in [0.1, 0.15) is 0 Å². The first kappa shape index (κ1) is 13.1. The number of nitriles is 1. The summed E-state index contributed by atoms with van der Waals surface area (Å²) in [5.41, 5.74) is 0.370. The number of hydrogen-bond donors (Lipinski definition) is 1. The molecule has 0 radical (unpaired) electrons. The van der Waals surface area contributed by atoms with Crippen molar-refractivity contribution in [3.05, 3.63) is 28.8 Å². The van der Waals surface area contributed by atoms with Crippen molar-refractivity contribution in [1.82, 2.24) is 0 Å². The Kier molecular flexibility index (Phi) is 5.81. The monoisotopic (exact) mass is 225 g/mol. The molecule has 0 saturated heterocycles. The summed E-state index contributed by atoms with van der Waals surface area (Å²) in [7, 11) is 0. The van der Waals surface area contributed by atoms with E-state index in [-0.39, 0.29) is 39.5 Å². The number of halogens is 1. The van der Waals surface area contributed by atoms with Crippen LogP contribution in [-0.4, -0.2) is 38.3 Å². The molecule has 3 nitrogen and oxygen atoms in total. The molecule has 0 aromatic heterocycles. The van der Waals surface area contributed by atoms with Gasteiger partial charge in [0.15, 0.2) is 11.1 Å². The first-order valence-electron chi connectivity index (χ1n) is 2.95. The first-order chi connectivity index (χ1) is 5.65. The van der Waals surface area contributed by atoms with Crippen LogP contribution in [0.3, 0.4) is 0 Å². The molecule has 0 aliphatic rings. The van der Waals surface area contributed by atoms with Crippen molar-refractivity contribution in [3.8, 4) is 6.07 Å². The van der Waals surface area contributed by atoms with Crippen LogP contribution < -0.4 is 0 Å². The molecule has 13 heavy (non-hydrogen) atoms. The third kappa shape index (κ3) is 3.39. The van der Waals surface area contributed by atoms with Gasteiger partial charge in [0, 0.05) is 0 Å². The molecule has 1 unspecified atom stereocenters. The predicted molar refractivity (Wildman–Crippen MR) is 52.4 cm³/mol. The maximum atomic E-state index is 10.6. The van der Waals surface area contributed by atoms with E-state index < -0.39 is 11.1 Å². The van der Waals surface area contributed by atoms with Crippen molar-refractivity contribution >= 4 is 52.2 Å². The Bertz CT molecular complexity index is 377. The minimum absolute atomic E-state index is 0. The van der Waals surface area contributed by atoms with Crippen LogP contribution in [0.4, 0.5) is 0 Å². The second-order valence-electron chi connectivity index (χ2n) is 2.01. The van der Waals surface area contributed by atoms with Crippen molar-refractivity contribution in [2.45, 2.75) is 4.90 Å². The van der Waals surface area contributed by atoms with Gasteiger partial charge in [0.25, 0.3) is 0 Å². The summed E-state index contributed by atoms with van der Waals surface area (Å²) in [5.74, 6) is 0. The van der Waals surface area contributed by atoms with E-state index >= 15 is 0 Å². The summed E-state index contributed by atoms with van der Waals surface area (Å²) in [5, 5.41) is 8.58. The molecule has 1 N–H and O–H groups in total. The van der Waals surface area contributed by atoms with Crippen molar-refractivity contribution in [1.29, 1.82) is 5.26 Å². The summed E-state index contributed by atoms with van der Waals surface area (Å²) >= 11 is 3.51. The van der Waals surface area contributed by atoms with Gasteiger partial charge in [-0.2, -0.15) is 5.26 Å². The van der Waals surface area contributed by atoms with Gasteiger partial charge in [-0.05, 0) is 18.2 Å². The zero-order chi connectivity index (χ0) is 9.14. The van der Waals surface area contributed by atoms with E-state index in [0.717, 1.165) is 0 Å². The van der Waals surface area contributed by atoms with Gasteiger partial charge in [-0.3, -0.25) is 0 Å². The first-order valence-corrected chi connectivity index (χ1v) is 4.44. The number of nitrogens with zero attached hydrogens (tertiary/aromatic N) is 1. The normalized spacial score (nSPS) is 11.2. The predicted octanol–water partition coefficient (Wildman–Crippen LogP) is 1.14. The Labute approximate surface area is 105 Å². The molecule has 1 aromatic rings. The topological polar surface area (TPSA) is 61.1 Å². The summed E-state index contributed by atoms with van der Waals surface area (Å²) < 4.78 is 19.2. The van der Waals surface area contributed by atoms with Crippen LogP contribution in [-0.2, 0) is 11.1 Å². The van der Waals surface area contributed by atoms with Gasteiger partial charge in [-0.25, -0.2) is 4.21 Å². The molecule has 0 aliphatic heterocycles. The molecule has 0 bridgehead atoms.